The first-order valence-corrected chi connectivity index (χ1v) is 8.39. The molecular formula is C19H19N5O4. The summed E-state index contributed by atoms with van der Waals surface area (Å²) in [6, 6.07) is 10.1. The van der Waals surface area contributed by atoms with Crippen LogP contribution < -0.4 is 20.5 Å². The van der Waals surface area contributed by atoms with E-state index in [1.165, 1.54) is 13.2 Å². The number of carbonyl (C=O) groups is 2. The van der Waals surface area contributed by atoms with E-state index >= 15 is 0 Å². The van der Waals surface area contributed by atoms with Gasteiger partial charge in [-0.15, -0.1) is 0 Å². The second-order valence-electron chi connectivity index (χ2n) is 5.78. The van der Waals surface area contributed by atoms with E-state index in [2.05, 4.69) is 15.4 Å². The Kier molecular flexibility index (Phi) is 5.85. The standard InChI is InChI=1S/C19H19N5O4/c1-27-16-10-14(3-4-15(16)28-12-17(20)25)19(26)22-11-13-5-7-21-18(9-13)24-8-2-6-23-24/h2-10H,11-12H2,1H3,(H2,20,25)(H,22,26). The number of ether oxygens (including phenoxy) is 2. The Balaban J connectivity index is 1.66. The zero-order valence-electron chi connectivity index (χ0n) is 15.2. The van der Waals surface area contributed by atoms with Crippen LogP contribution in [0.2, 0.25) is 0 Å². The van der Waals surface area contributed by atoms with Crippen LogP contribution in [0.1, 0.15) is 15.9 Å². The molecule has 2 heterocycles. The van der Waals surface area contributed by atoms with Crippen LogP contribution in [-0.4, -0.2) is 40.3 Å². The molecule has 9 nitrogen and oxygen atoms in total. The van der Waals surface area contributed by atoms with Gasteiger partial charge in [0.25, 0.3) is 11.8 Å². The van der Waals surface area contributed by atoms with Gasteiger partial charge in [0.2, 0.25) is 0 Å². The minimum absolute atomic E-state index is 0.275. The number of nitrogens with one attached hydrogen (secondary N) is 1. The van der Waals surface area contributed by atoms with Crippen molar-refractivity contribution in [3.05, 3.63) is 66.1 Å². The van der Waals surface area contributed by atoms with E-state index in [0.717, 1.165) is 5.56 Å². The van der Waals surface area contributed by atoms with Crippen molar-refractivity contribution >= 4 is 11.8 Å². The molecule has 0 saturated carbocycles. The Morgan fingerprint density at radius 1 is 1.18 bits per heavy atom. The quantitative estimate of drug-likeness (QED) is 0.602. The lowest BCUT2D eigenvalue weighted by Crippen LogP contribution is -2.23. The number of rotatable bonds is 8. The van der Waals surface area contributed by atoms with Gasteiger partial charge < -0.3 is 20.5 Å². The number of pyridine rings is 1. The number of nitrogens with two attached hydrogens (primary N) is 1. The predicted molar refractivity (Wildman–Crippen MR) is 100 cm³/mol. The van der Waals surface area contributed by atoms with Crippen molar-refractivity contribution in [2.24, 2.45) is 5.73 Å². The van der Waals surface area contributed by atoms with Crippen LogP contribution in [0.5, 0.6) is 11.5 Å². The summed E-state index contributed by atoms with van der Waals surface area (Å²) in [6.45, 7) is 0.0421. The number of methoxy groups -OCH3 is 1. The molecule has 144 valence electrons. The Morgan fingerprint density at radius 2 is 2.04 bits per heavy atom. The lowest BCUT2D eigenvalue weighted by atomic mass is 10.1. The molecule has 3 N–H and O–H groups in total. The van der Waals surface area contributed by atoms with Crippen LogP contribution in [0.25, 0.3) is 5.82 Å². The van der Waals surface area contributed by atoms with Gasteiger partial charge in [-0.2, -0.15) is 5.10 Å². The number of primary amides is 1. The SMILES string of the molecule is COc1cc(C(=O)NCc2ccnc(-n3cccn3)c2)ccc1OCC(N)=O. The van der Waals surface area contributed by atoms with Gasteiger partial charge >= 0.3 is 0 Å². The summed E-state index contributed by atoms with van der Waals surface area (Å²) in [7, 11) is 1.45. The van der Waals surface area contributed by atoms with E-state index in [0.29, 0.717) is 29.4 Å². The van der Waals surface area contributed by atoms with Gasteiger partial charge in [-0.25, -0.2) is 9.67 Å². The molecular weight excluding hydrogens is 362 g/mol. The largest absolute Gasteiger partial charge is 0.493 e. The minimum atomic E-state index is -0.601. The molecule has 0 spiro atoms. The third-order valence-electron chi connectivity index (χ3n) is 3.80. The number of benzene rings is 1. The third kappa shape index (κ3) is 4.64. The Labute approximate surface area is 161 Å². The molecule has 2 aromatic heterocycles. The number of aromatic nitrogens is 3. The summed E-state index contributed by atoms with van der Waals surface area (Å²) in [5, 5.41) is 6.98. The fourth-order valence-electron chi connectivity index (χ4n) is 2.46. The van der Waals surface area contributed by atoms with E-state index in [9.17, 15) is 9.59 Å². The Bertz CT molecular complexity index is 972. The molecule has 0 fully saturated rings. The van der Waals surface area contributed by atoms with Crippen molar-refractivity contribution in [3.8, 4) is 17.3 Å². The lowest BCUT2D eigenvalue weighted by Gasteiger charge is -2.11. The molecule has 28 heavy (non-hydrogen) atoms. The number of carbonyl (C=O) groups excluding carboxylic acids is 2. The number of hydrogen-bond donors (Lipinski definition) is 2. The highest BCUT2D eigenvalue weighted by Gasteiger charge is 2.12. The van der Waals surface area contributed by atoms with E-state index in [1.807, 2.05) is 12.1 Å². The maximum absolute atomic E-state index is 12.5. The molecule has 0 bridgehead atoms. The van der Waals surface area contributed by atoms with Crippen molar-refractivity contribution in [1.82, 2.24) is 20.1 Å². The lowest BCUT2D eigenvalue weighted by molar-refractivity contribution is -0.119. The average molecular weight is 381 g/mol. The normalized spacial score (nSPS) is 10.3. The molecule has 0 atom stereocenters. The van der Waals surface area contributed by atoms with Crippen molar-refractivity contribution in [1.29, 1.82) is 0 Å². The topological polar surface area (TPSA) is 121 Å². The molecule has 3 rings (SSSR count). The van der Waals surface area contributed by atoms with Gasteiger partial charge in [-0.1, -0.05) is 0 Å². The van der Waals surface area contributed by atoms with Crippen LogP contribution in [0, 0.1) is 0 Å². The molecule has 3 aromatic rings. The van der Waals surface area contributed by atoms with Crippen molar-refractivity contribution in [2.75, 3.05) is 13.7 Å². The van der Waals surface area contributed by atoms with Gasteiger partial charge in [-0.3, -0.25) is 9.59 Å². The summed E-state index contributed by atoms with van der Waals surface area (Å²) < 4.78 is 12.1. The first-order chi connectivity index (χ1) is 13.6. The fourth-order valence-corrected chi connectivity index (χ4v) is 2.46. The maximum Gasteiger partial charge on any atom is 0.255 e. The second-order valence-corrected chi connectivity index (χ2v) is 5.78. The first-order valence-electron chi connectivity index (χ1n) is 8.39. The minimum Gasteiger partial charge on any atom is -0.493 e. The van der Waals surface area contributed by atoms with Gasteiger partial charge in [0.1, 0.15) is 0 Å². The monoisotopic (exact) mass is 381 g/mol. The first kappa shape index (κ1) is 18.9. The zero-order valence-corrected chi connectivity index (χ0v) is 15.2. The molecule has 0 unspecified atom stereocenters. The van der Waals surface area contributed by atoms with Crippen LogP contribution in [0.3, 0.4) is 0 Å². The van der Waals surface area contributed by atoms with Crippen LogP contribution in [0.15, 0.2) is 55.0 Å². The van der Waals surface area contributed by atoms with Crippen LogP contribution in [-0.2, 0) is 11.3 Å². The van der Waals surface area contributed by atoms with Crippen LogP contribution in [0.4, 0.5) is 0 Å². The van der Waals surface area contributed by atoms with E-state index in [1.54, 1.807) is 41.5 Å². The molecule has 1 aromatic carbocycles. The highest BCUT2D eigenvalue weighted by Crippen LogP contribution is 2.28. The zero-order chi connectivity index (χ0) is 19.9. The molecule has 2 amide bonds. The Morgan fingerprint density at radius 3 is 2.75 bits per heavy atom. The third-order valence-corrected chi connectivity index (χ3v) is 3.80. The molecule has 9 heteroatoms. The van der Waals surface area contributed by atoms with E-state index < -0.39 is 5.91 Å². The summed E-state index contributed by atoms with van der Waals surface area (Å²) in [5.41, 5.74) is 6.34. The Hall–Kier alpha value is -3.88. The molecule has 0 radical (unpaired) electrons. The molecule has 0 aliphatic carbocycles. The van der Waals surface area contributed by atoms with E-state index in [-0.39, 0.29) is 12.5 Å². The van der Waals surface area contributed by atoms with E-state index in [4.69, 9.17) is 15.2 Å². The average Bonchev–Trinajstić information content (AvgIpc) is 3.25. The maximum atomic E-state index is 12.5. The van der Waals surface area contributed by atoms with Crippen molar-refractivity contribution in [3.63, 3.8) is 0 Å². The van der Waals surface area contributed by atoms with Crippen molar-refractivity contribution in [2.45, 2.75) is 6.54 Å². The highest BCUT2D eigenvalue weighted by molar-refractivity contribution is 5.94. The van der Waals surface area contributed by atoms with Gasteiger partial charge in [-0.05, 0) is 42.0 Å². The summed E-state index contributed by atoms with van der Waals surface area (Å²) in [4.78, 5) is 27.6. The van der Waals surface area contributed by atoms with Gasteiger partial charge in [0, 0.05) is 30.7 Å². The fraction of sp³-hybridized carbons (Fsp3) is 0.158. The van der Waals surface area contributed by atoms with Crippen LogP contribution >= 0.6 is 0 Å². The highest BCUT2D eigenvalue weighted by atomic mass is 16.5. The van der Waals surface area contributed by atoms with Gasteiger partial charge in [0.15, 0.2) is 23.9 Å². The second kappa shape index (κ2) is 8.67. The summed E-state index contributed by atoms with van der Waals surface area (Å²) in [5.74, 6) is 0.442. The molecule has 0 saturated heterocycles. The smallest absolute Gasteiger partial charge is 0.255 e. The summed E-state index contributed by atoms with van der Waals surface area (Å²) in [6.07, 6.45) is 5.12. The number of hydrogen-bond acceptors (Lipinski definition) is 6. The number of nitrogens with zero attached hydrogens (tertiary/aromatic N) is 3. The predicted octanol–water partition coefficient (Wildman–Crippen LogP) is 1.07. The summed E-state index contributed by atoms with van der Waals surface area (Å²) >= 11 is 0. The molecule has 0 aliphatic rings. The molecule has 0 aliphatic heterocycles. The van der Waals surface area contributed by atoms with Crippen molar-refractivity contribution < 1.29 is 19.1 Å². The van der Waals surface area contributed by atoms with Gasteiger partial charge in [0.05, 0.1) is 7.11 Å². The number of amides is 2.